The van der Waals surface area contributed by atoms with Gasteiger partial charge in [0.25, 0.3) is 5.89 Å². The van der Waals surface area contributed by atoms with Crippen molar-refractivity contribution in [2.45, 2.75) is 39.5 Å². The fourth-order valence-electron chi connectivity index (χ4n) is 3.84. The second-order valence-electron chi connectivity index (χ2n) is 7.69. The van der Waals surface area contributed by atoms with E-state index in [0.29, 0.717) is 48.7 Å². The first-order chi connectivity index (χ1) is 15.5. The van der Waals surface area contributed by atoms with Gasteiger partial charge < -0.3 is 28.0 Å². The predicted molar refractivity (Wildman–Crippen MR) is 116 cm³/mol. The molecule has 3 heterocycles. The molecule has 9 nitrogen and oxygen atoms in total. The van der Waals surface area contributed by atoms with Crippen molar-refractivity contribution in [3.63, 3.8) is 0 Å². The zero-order chi connectivity index (χ0) is 22.7. The minimum atomic E-state index is -0.217. The van der Waals surface area contributed by atoms with E-state index in [1.54, 1.807) is 27.2 Å². The summed E-state index contributed by atoms with van der Waals surface area (Å²) in [6, 6.07) is 7.41. The van der Waals surface area contributed by atoms with Gasteiger partial charge in [-0.2, -0.15) is 4.98 Å². The first-order valence-corrected chi connectivity index (χ1v) is 10.4. The highest BCUT2D eigenvalue weighted by molar-refractivity contribution is 5.70. The Labute approximate surface area is 185 Å². The van der Waals surface area contributed by atoms with E-state index in [1.807, 2.05) is 25.1 Å². The molecule has 0 unspecified atom stereocenters. The minimum absolute atomic E-state index is 0.0631. The number of rotatable bonds is 9. The van der Waals surface area contributed by atoms with Crippen molar-refractivity contribution in [2.75, 3.05) is 27.4 Å². The molecule has 0 amide bonds. The smallest absolute Gasteiger partial charge is 0.264 e. The summed E-state index contributed by atoms with van der Waals surface area (Å²) in [6.07, 6.45) is 0.565. The molecule has 4 rings (SSSR count). The number of hydrogen-bond acceptors (Lipinski definition) is 8. The first-order valence-electron chi connectivity index (χ1n) is 10.4. The van der Waals surface area contributed by atoms with Crippen LogP contribution in [0.5, 0.6) is 11.6 Å². The van der Waals surface area contributed by atoms with Crippen LogP contribution < -0.4 is 14.9 Å². The van der Waals surface area contributed by atoms with Crippen LogP contribution in [-0.4, -0.2) is 48.2 Å². The Hall–Kier alpha value is -3.17. The number of aromatic nitrogens is 3. The summed E-state index contributed by atoms with van der Waals surface area (Å²) in [6.45, 7) is 5.20. The van der Waals surface area contributed by atoms with Crippen molar-refractivity contribution < 1.29 is 23.5 Å². The molecule has 1 aliphatic heterocycles. The lowest BCUT2D eigenvalue weighted by Crippen LogP contribution is -2.28. The maximum absolute atomic E-state index is 12.7. The number of fused-ring (bicyclic) bond motifs is 3. The van der Waals surface area contributed by atoms with Crippen LogP contribution in [0.2, 0.25) is 0 Å². The quantitative estimate of drug-likeness (QED) is 0.500. The molecule has 2 aromatic heterocycles. The maximum atomic E-state index is 12.7. The van der Waals surface area contributed by atoms with Crippen molar-refractivity contribution in [1.82, 2.24) is 14.7 Å². The maximum Gasteiger partial charge on any atom is 0.264 e. The Morgan fingerprint density at radius 1 is 1.16 bits per heavy atom. The molecule has 9 heteroatoms. The molecule has 0 spiro atoms. The van der Waals surface area contributed by atoms with Gasteiger partial charge in [0, 0.05) is 38.0 Å². The van der Waals surface area contributed by atoms with E-state index < -0.39 is 0 Å². The van der Waals surface area contributed by atoms with Gasteiger partial charge in [0.05, 0.1) is 12.3 Å². The lowest BCUT2D eigenvalue weighted by atomic mass is 9.94. The van der Waals surface area contributed by atoms with Gasteiger partial charge in [0.15, 0.2) is 23.7 Å². The number of hydrogen-bond donors (Lipinski definition) is 0. The van der Waals surface area contributed by atoms with E-state index in [4.69, 9.17) is 23.5 Å². The monoisotopic (exact) mass is 441 g/mol. The Morgan fingerprint density at radius 2 is 2.00 bits per heavy atom. The molecule has 1 aliphatic rings. The molecule has 0 radical (unpaired) electrons. The highest BCUT2D eigenvalue weighted by Crippen LogP contribution is 2.35. The second kappa shape index (κ2) is 9.54. The van der Waals surface area contributed by atoms with E-state index in [1.165, 1.54) is 0 Å². The Balaban J connectivity index is 1.59. The van der Waals surface area contributed by atoms with E-state index in [0.717, 1.165) is 23.2 Å². The standard InChI is InChI=1S/C23H27N3O6/c1-14-20(27)10-22(31-12-18(29-4)11-28-3)26-8-7-16-9-17(5-6-19(16)23(14)26)30-13-21-24-15(2)25-32-21/h5-6,9-10,18H,7-8,11-13H2,1-4H3/t18-/m0/s1. The molecule has 0 bridgehead atoms. The van der Waals surface area contributed by atoms with E-state index in [2.05, 4.69) is 14.7 Å². The Morgan fingerprint density at radius 3 is 2.72 bits per heavy atom. The number of benzene rings is 1. The summed E-state index contributed by atoms with van der Waals surface area (Å²) >= 11 is 0. The molecule has 0 saturated carbocycles. The van der Waals surface area contributed by atoms with Crippen molar-refractivity contribution >= 4 is 0 Å². The van der Waals surface area contributed by atoms with Crippen molar-refractivity contribution in [2.24, 2.45) is 0 Å². The summed E-state index contributed by atoms with van der Waals surface area (Å²) in [7, 11) is 3.22. The molecule has 1 aromatic carbocycles. The van der Waals surface area contributed by atoms with Crippen molar-refractivity contribution in [1.29, 1.82) is 0 Å². The minimum Gasteiger partial charge on any atom is -0.484 e. The number of ether oxygens (including phenoxy) is 4. The van der Waals surface area contributed by atoms with Gasteiger partial charge in [0.2, 0.25) is 0 Å². The second-order valence-corrected chi connectivity index (χ2v) is 7.69. The van der Waals surface area contributed by atoms with Gasteiger partial charge in [-0.15, -0.1) is 0 Å². The first kappa shape index (κ1) is 22.0. The lowest BCUT2D eigenvalue weighted by Gasteiger charge is -2.27. The summed E-state index contributed by atoms with van der Waals surface area (Å²) in [4.78, 5) is 16.8. The van der Waals surface area contributed by atoms with Crippen LogP contribution in [0.3, 0.4) is 0 Å². The molecular formula is C23H27N3O6. The zero-order valence-corrected chi connectivity index (χ0v) is 18.7. The summed E-state index contributed by atoms with van der Waals surface area (Å²) < 4.78 is 29.5. The molecule has 0 fully saturated rings. The van der Waals surface area contributed by atoms with Crippen LogP contribution in [0.15, 0.2) is 33.6 Å². The number of pyridine rings is 1. The zero-order valence-electron chi connectivity index (χ0n) is 18.7. The van der Waals surface area contributed by atoms with E-state index >= 15 is 0 Å². The lowest BCUT2D eigenvalue weighted by molar-refractivity contribution is -0.000948. The predicted octanol–water partition coefficient (Wildman–Crippen LogP) is 2.69. The van der Waals surface area contributed by atoms with Crippen LogP contribution >= 0.6 is 0 Å². The third-order valence-corrected chi connectivity index (χ3v) is 5.49. The number of nitrogens with zero attached hydrogens (tertiary/aromatic N) is 3. The van der Waals surface area contributed by atoms with Gasteiger partial charge in [0.1, 0.15) is 18.5 Å². The normalized spacial score (nSPS) is 13.4. The third-order valence-electron chi connectivity index (χ3n) is 5.49. The van der Waals surface area contributed by atoms with Crippen molar-refractivity contribution in [3.8, 4) is 22.9 Å². The van der Waals surface area contributed by atoms with Gasteiger partial charge >= 0.3 is 0 Å². The summed E-state index contributed by atoms with van der Waals surface area (Å²) in [5, 5.41) is 3.77. The molecular weight excluding hydrogens is 414 g/mol. The van der Waals surface area contributed by atoms with Crippen LogP contribution in [-0.2, 0) is 29.0 Å². The molecule has 0 aliphatic carbocycles. The fraction of sp³-hybridized carbons (Fsp3) is 0.435. The van der Waals surface area contributed by atoms with Gasteiger partial charge in [-0.1, -0.05) is 5.16 Å². The summed E-state index contributed by atoms with van der Waals surface area (Å²) in [5.74, 6) is 2.25. The van der Waals surface area contributed by atoms with Gasteiger partial charge in [-0.05, 0) is 44.0 Å². The number of aryl methyl sites for hydroxylation is 2. The Bertz CT molecular complexity index is 1150. The average molecular weight is 441 g/mol. The largest absolute Gasteiger partial charge is 0.484 e. The molecule has 1 atom stereocenters. The van der Waals surface area contributed by atoms with Gasteiger partial charge in [-0.25, -0.2) is 0 Å². The highest BCUT2D eigenvalue weighted by Gasteiger charge is 2.23. The fourth-order valence-corrected chi connectivity index (χ4v) is 3.84. The average Bonchev–Trinajstić information content (AvgIpc) is 3.22. The highest BCUT2D eigenvalue weighted by atomic mass is 16.6. The van der Waals surface area contributed by atoms with Crippen molar-refractivity contribution in [3.05, 3.63) is 57.3 Å². The number of methoxy groups -OCH3 is 2. The molecule has 32 heavy (non-hydrogen) atoms. The van der Waals surface area contributed by atoms with Crippen LogP contribution in [0.1, 0.15) is 22.8 Å². The van der Waals surface area contributed by atoms with Crippen LogP contribution in [0.25, 0.3) is 11.3 Å². The SMILES string of the molecule is COC[C@@H](COc1cc(=O)c(C)c2n1CCc1cc(OCc3nc(C)no3)ccc1-2)OC. The van der Waals surface area contributed by atoms with E-state index in [-0.39, 0.29) is 18.1 Å². The Kier molecular flexibility index (Phi) is 6.57. The van der Waals surface area contributed by atoms with E-state index in [9.17, 15) is 4.79 Å². The van der Waals surface area contributed by atoms with Crippen LogP contribution in [0.4, 0.5) is 0 Å². The molecule has 0 N–H and O–H groups in total. The molecule has 170 valence electrons. The topological polar surface area (TPSA) is 97.8 Å². The summed E-state index contributed by atoms with van der Waals surface area (Å²) in [5.41, 5.74) is 3.60. The van der Waals surface area contributed by atoms with Crippen LogP contribution in [0, 0.1) is 13.8 Å². The third kappa shape index (κ3) is 4.53. The van der Waals surface area contributed by atoms with Gasteiger partial charge in [-0.3, -0.25) is 4.79 Å². The molecule has 0 saturated heterocycles. The molecule has 3 aromatic rings.